The monoisotopic (exact) mass is 574 g/mol. The molecule has 0 aliphatic heterocycles. The first-order valence-corrected chi connectivity index (χ1v) is 17.8. The van der Waals surface area contributed by atoms with Crippen LogP contribution in [0.1, 0.15) is 124 Å². The van der Waals surface area contributed by atoms with Crippen molar-refractivity contribution >= 4 is 11.6 Å². The van der Waals surface area contributed by atoms with E-state index in [1.165, 1.54) is 17.6 Å². The van der Waals surface area contributed by atoms with Crippen LogP contribution in [-0.4, -0.2) is 34.0 Å². The van der Waals surface area contributed by atoms with Gasteiger partial charge in [-0.3, -0.25) is 9.59 Å². The number of allylic oxidation sites excluding steroid dienone is 2. The SMILES string of the molecule is C[C@]12CCC(=O)C(C3=CC(O)CC4CC[C@@H]5[C@@H](CC[C@]6(C)C(O)CC[C@@H]56)[C@@]34C)=C1CC[C@@H]1[C@H]2CC[C@]2(C)C(=O)CC[C@@H]12. The van der Waals surface area contributed by atoms with Crippen LogP contribution in [0.4, 0.5) is 0 Å². The predicted molar refractivity (Wildman–Crippen MR) is 163 cm³/mol. The van der Waals surface area contributed by atoms with E-state index in [0.717, 1.165) is 89.0 Å². The van der Waals surface area contributed by atoms with E-state index in [1.807, 2.05) is 0 Å². The fourth-order valence-corrected chi connectivity index (χ4v) is 14.1. The summed E-state index contributed by atoms with van der Waals surface area (Å²) in [6.07, 6.45) is 16.6. The van der Waals surface area contributed by atoms with Crippen molar-refractivity contribution in [3.8, 4) is 0 Å². The maximum atomic E-state index is 14.2. The highest BCUT2D eigenvalue weighted by Gasteiger charge is 2.64. The van der Waals surface area contributed by atoms with Crippen LogP contribution in [0, 0.1) is 63.1 Å². The molecule has 6 fully saturated rings. The smallest absolute Gasteiger partial charge is 0.163 e. The largest absolute Gasteiger partial charge is 0.393 e. The summed E-state index contributed by atoms with van der Waals surface area (Å²) in [5, 5.41) is 22.3. The van der Waals surface area contributed by atoms with Crippen LogP contribution < -0.4 is 0 Å². The molecule has 230 valence electrons. The molecular formula is C38H54O4. The molecule has 0 saturated heterocycles. The molecule has 0 aromatic rings. The Morgan fingerprint density at radius 2 is 1.43 bits per heavy atom. The summed E-state index contributed by atoms with van der Waals surface area (Å²) in [7, 11) is 0. The maximum Gasteiger partial charge on any atom is 0.163 e. The molecule has 0 aromatic carbocycles. The highest BCUT2D eigenvalue weighted by Crippen LogP contribution is 2.70. The number of fused-ring (bicyclic) bond motifs is 10. The number of hydrogen-bond donors (Lipinski definition) is 2. The van der Waals surface area contributed by atoms with Crippen molar-refractivity contribution < 1.29 is 19.8 Å². The average Bonchev–Trinajstić information content (AvgIpc) is 3.43. The number of carbonyl (C=O) groups excluding carboxylic acids is 2. The molecule has 4 nitrogen and oxygen atoms in total. The van der Waals surface area contributed by atoms with Crippen LogP contribution >= 0.6 is 0 Å². The molecule has 8 aliphatic rings. The van der Waals surface area contributed by atoms with Crippen molar-refractivity contribution in [2.75, 3.05) is 0 Å². The normalized spacial score (nSPS) is 55.2. The number of aliphatic hydroxyl groups is 2. The first kappa shape index (κ1) is 28.2. The topological polar surface area (TPSA) is 74.6 Å². The third kappa shape index (κ3) is 3.44. The highest BCUT2D eigenvalue weighted by atomic mass is 16.3. The zero-order valence-electron chi connectivity index (χ0n) is 26.6. The van der Waals surface area contributed by atoms with E-state index in [1.54, 1.807) is 0 Å². The van der Waals surface area contributed by atoms with Crippen molar-refractivity contribution in [1.82, 2.24) is 0 Å². The first-order valence-electron chi connectivity index (χ1n) is 17.8. The van der Waals surface area contributed by atoms with E-state index in [-0.39, 0.29) is 27.8 Å². The Morgan fingerprint density at radius 3 is 2.24 bits per heavy atom. The molecule has 0 heterocycles. The molecule has 6 saturated carbocycles. The molecule has 13 atom stereocenters. The second kappa shape index (κ2) is 9.15. The van der Waals surface area contributed by atoms with Crippen LogP contribution in [0.5, 0.6) is 0 Å². The van der Waals surface area contributed by atoms with E-state index in [0.29, 0.717) is 59.4 Å². The van der Waals surface area contributed by atoms with Gasteiger partial charge in [0.25, 0.3) is 0 Å². The van der Waals surface area contributed by atoms with Crippen molar-refractivity contribution in [1.29, 1.82) is 0 Å². The Balaban J connectivity index is 1.21. The van der Waals surface area contributed by atoms with Crippen molar-refractivity contribution in [3.05, 3.63) is 22.8 Å². The van der Waals surface area contributed by atoms with Crippen LogP contribution in [0.15, 0.2) is 22.8 Å². The van der Waals surface area contributed by atoms with E-state index in [9.17, 15) is 19.8 Å². The lowest BCUT2D eigenvalue weighted by Crippen LogP contribution is -2.56. The van der Waals surface area contributed by atoms with Gasteiger partial charge in [-0.2, -0.15) is 0 Å². The molecule has 0 aromatic heterocycles. The van der Waals surface area contributed by atoms with E-state index >= 15 is 0 Å². The minimum absolute atomic E-state index is 0.0169. The molecule has 4 heteroatoms. The molecule has 0 radical (unpaired) electrons. The number of carbonyl (C=O) groups is 2. The highest BCUT2D eigenvalue weighted by molar-refractivity contribution is 6.02. The Bertz CT molecular complexity index is 1280. The van der Waals surface area contributed by atoms with Gasteiger partial charge < -0.3 is 10.2 Å². The lowest BCUT2D eigenvalue weighted by Gasteiger charge is -2.62. The molecule has 3 unspecified atom stereocenters. The fourth-order valence-electron chi connectivity index (χ4n) is 14.1. The number of ketones is 2. The summed E-state index contributed by atoms with van der Waals surface area (Å²) < 4.78 is 0. The summed E-state index contributed by atoms with van der Waals surface area (Å²) >= 11 is 0. The van der Waals surface area contributed by atoms with Crippen LogP contribution in [0.2, 0.25) is 0 Å². The standard InChI is InChI=1S/C38H54O4/c1-35-18-15-31(40)34(29(35)8-7-23-25-9-11-32(41)36(25,2)16-13-27(23)35)30-20-22(39)19-21-5-6-24-26-10-12-33(42)37(26,3)17-14-28(24)38(21,30)4/h20-28,33,39,42H,5-19H2,1-4H3/t21?,22?,23-,24-,25-,26-,27+,28+,33?,35+,36-,37-,38-/m0/s1. The average molecular weight is 575 g/mol. The second-order valence-electron chi connectivity index (χ2n) is 17.5. The zero-order valence-corrected chi connectivity index (χ0v) is 26.6. The maximum absolute atomic E-state index is 14.2. The Kier molecular flexibility index (Phi) is 6.15. The van der Waals surface area contributed by atoms with Crippen molar-refractivity contribution in [3.63, 3.8) is 0 Å². The summed E-state index contributed by atoms with van der Waals surface area (Å²) in [5.41, 5.74) is 3.54. The van der Waals surface area contributed by atoms with Gasteiger partial charge in [0.1, 0.15) is 5.78 Å². The Hall–Kier alpha value is -1.26. The van der Waals surface area contributed by atoms with Crippen molar-refractivity contribution in [2.45, 2.75) is 136 Å². The molecule has 0 amide bonds. The summed E-state index contributed by atoms with van der Waals surface area (Å²) in [6.45, 7) is 9.60. The molecule has 8 rings (SSSR count). The van der Waals surface area contributed by atoms with E-state index in [4.69, 9.17) is 0 Å². The minimum atomic E-state index is -0.470. The summed E-state index contributed by atoms with van der Waals surface area (Å²) in [5.74, 6) is 4.60. The third-order valence-corrected chi connectivity index (χ3v) is 16.4. The zero-order chi connectivity index (χ0) is 29.4. The summed E-state index contributed by atoms with van der Waals surface area (Å²) in [4.78, 5) is 27.2. The van der Waals surface area contributed by atoms with Gasteiger partial charge in [0.2, 0.25) is 0 Å². The molecule has 0 bridgehead atoms. The van der Waals surface area contributed by atoms with Gasteiger partial charge in [0, 0.05) is 23.8 Å². The Morgan fingerprint density at radius 1 is 0.690 bits per heavy atom. The molecule has 8 aliphatic carbocycles. The van der Waals surface area contributed by atoms with Gasteiger partial charge in [-0.1, -0.05) is 39.3 Å². The number of aliphatic hydroxyl groups excluding tert-OH is 2. The third-order valence-electron chi connectivity index (χ3n) is 16.4. The lowest BCUT2D eigenvalue weighted by molar-refractivity contribution is -0.132. The molecule has 0 spiro atoms. The van der Waals surface area contributed by atoms with Gasteiger partial charge in [-0.05, 0) is 147 Å². The molecule has 2 N–H and O–H groups in total. The van der Waals surface area contributed by atoms with Gasteiger partial charge in [-0.15, -0.1) is 0 Å². The molecule has 42 heavy (non-hydrogen) atoms. The first-order chi connectivity index (χ1) is 19.9. The van der Waals surface area contributed by atoms with E-state index in [2.05, 4.69) is 33.8 Å². The number of rotatable bonds is 1. The summed E-state index contributed by atoms with van der Waals surface area (Å²) in [6, 6.07) is 0. The van der Waals surface area contributed by atoms with Crippen molar-refractivity contribution in [2.24, 2.45) is 63.1 Å². The number of Topliss-reactive ketones (excluding diaryl/α,β-unsaturated/α-hetero) is 2. The van der Waals surface area contributed by atoms with E-state index < -0.39 is 6.10 Å². The van der Waals surface area contributed by atoms with Crippen LogP contribution in [0.3, 0.4) is 0 Å². The lowest BCUT2D eigenvalue weighted by atomic mass is 9.42. The van der Waals surface area contributed by atoms with Gasteiger partial charge in [-0.25, -0.2) is 0 Å². The van der Waals surface area contributed by atoms with Gasteiger partial charge >= 0.3 is 0 Å². The van der Waals surface area contributed by atoms with Gasteiger partial charge in [0.15, 0.2) is 5.78 Å². The predicted octanol–water partition coefficient (Wildman–Crippen LogP) is 7.37. The number of hydrogen-bond acceptors (Lipinski definition) is 4. The second-order valence-corrected chi connectivity index (χ2v) is 17.5. The van der Waals surface area contributed by atoms with Crippen LogP contribution in [-0.2, 0) is 9.59 Å². The minimum Gasteiger partial charge on any atom is -0.393 e. The Labute approximate surface area is 253 Å². The fraction of sp³-hybridized carbons (Fsp3) is 0.842. The molecular weight excluding hydrogens is 520 g/mol. The quantitative estimate of drug-likeness (QED) is 0.343. The van der Waals surface area contributed by atoms with Gasteiger partial charge in [0.05, 0.1) is 12.2 Å². The van der Waals surface area contributed by atoms with Crippen LogP contribution in [0.25, 0.3) is 0 Å².